The van der Waals surface area contributed by atoms with E-state index in [2.05, 4.69) is 15.0 Å². The van der Waals surface area contributed by atoms with Gasteiger partial charge >= 0.3 is 0 Å². The summed E-state index contributed by atoms with van der Waals surface area (Å²) in [5.74, 6) is 0.578. The van der Waals surface area contributed by atoms with Gasteiger partial charge in [-0.15, -0.1) is 11.3 Å². The number of thiazole rings is 1. The quantitative estimate of drug-likeness (QED) is 0.813. The first-order chi connectivity index (χ1) is 11.2. The van der Waals surface area contributed by atoms with Crippen molar-refractivity contribution in [3.05, 3.63) is 40.9 Å². The average molecular weight is 329 g/mol. The Hall–Kier alpha value is -2.35. The number of hydrogen-bond donors (Lipinski definition) is 0. The van der Waals surface area contributed by atoms with Crippen molar-refractivity contribution >= 4 is 23.2 Å². The Kier molecular flexibility index (Phi) is 3.53. The molecular weight excluding hydrogens is 314 g/mol. The van der Waals surface area contributed by atoms with Crippen molar-refractivity contribution < 1.29 is 9.59 Å². The fraction of sp³-hybridized carbons (Fsp3) is 0.400. The summed E-state index contributed by atoms with van der Waals surface area (Å²) in [7, 11) is 0. The van der Waals surface area contributed by atoms with Crippen molar-refractivity contribution in [3.63, 3.8) is 0 Å². The van der Waals surface area contributed by atoms with Gasteiger partial charge in [0.15, 0.2) is 0 Å². The van der Waals surface area contributed by atoms with Gasteiger partial charge in [-0.3, -0.25) is 14.6 Å². The number of nitrogens with zero attached hydrogens (tertiary/aromatic N) is 5. The van der Waals surface area contributed by atoms with Crippen LogP contribution in [0.2, 0.25) is 0 Å². The Morgan fingerprint density at radius 2 is 1.61 bits per heavy atom. The zero-order chi connectivity index (χ0) is 15.8. The van der Waals surface area contributed by atoms with Gasteiger partial charge in [-0.2, -0.15) is 0 Å². The molecule has 4 heterocycles. The normalized spacial score (nSPS) is 23.1. The molecule has 2 fully saturated rings. The summed E-state index contributed by atoms with van der Waals surface area (Å²) >= 11 is 1.43. The summed E-state index contributed by atoms with van der Waals surface area (Å²) in [5, 5.41) is 1.78. The van der Waals surface area contributed by atoms with Crippen molar-refractivity contribution in [2.75, 3.05) is 26.2 Å². The van der Waals surface area contributed by atoms with Gasteiger partial charge in [0.1, 0.15) is 11.4 Å². The molecule has 118 valence electrons. The van der Waals surface area contributed by atoms with Crippen LogP contribution in [0, 0.1) is 11.8 Å². The molecule has 4 rings (SSSR count). The van der Waals surface area contributed by atoms with E-state index < -0.39 is 0 Å². The summed E-state index contributed by atoms with van der Waals surface area (Å²) in [5.41, 5.74) is 2.57. The van der Waals surface area contributed by atoms with E-state index in [4.69, 9.17) is 0 Å². The van der Waals surface area contributed by atoms with Crippen LogP contribution in [-0.2, 0) is 0 Å². The maximum absolute atomic E-state index is 12.4. The van der Waals surface area contributed by atoms with Gasteiger partial charge in [0.25, 0.3) is 11.8 Å². The van der Waals surface area contributed by atoms with Crippen LogP contribution < -0.4 is 0 Å². The molecule has 2 aromatic rings. The zero-order valence-electron chi connectivity index (χ0n) is 12.3. The molecule has 0 aromatic carbocycles. The first kappa shape index (κ1) is 14.3. The monoisotopic (exact) mass is 329 g/mol. The van der Waals surface area contributed by atoms with Crippen LogP contribution >= 0.6 is 11.3 Å². The smallest absolute Gasteiger partial charge is 0.274 e. The van der Waals surface area contributed by atoms with Crippen LogP contribution in [0.4, 0.5) is 0 Å². The highest BCUT2D eigenvalue weighted by atomic mass is 32.1. The van der Waals surface area contributed by atoms with E-state index in [0.717, 1.165) is 0 Å². The summed E-state index contributed by atoms with van der Waals surface area (Å²) in [6.07, 6.45) is 4.57. The van der Waals surface area contributed by atoms with E-state index in [1.165, 1.54) is 23.7 Å². The molecule has 0 aliphatic carbocycles. The van der Waals surface area contributed by atoms with Crippen molar-refractivity contribution in [1.29, 1.82) is 0 Å². The highest BCUT2D eigenvalue weighted by Gasteiger charge is 2.43. The molecule has 2 saturated heterocycles. The van der Waals surface area contributed by atoms with Crippen molar-refractivity contribution in [2.45, 2.75) is 0 Å². The molecule has 2 aromatic heterocycles. The maximum Gasteiger partial charge on any atom is 0.274 e. The Balaban J connectivity index is 1.40. The molecule has 2 amide bonds. The lowest BCUT2D eigenvalue weighted by atomic mass is 10.0. The minimum atomic E-state index is -0.0788. The van der Waals surface area contributed by atoms with E-state index in [9.17, 15) is 9.59 Å². The summed E-state index contributed by atoms with van der Waals surface area (Å²) < 4.78 is 0. The van der Waals surface area contributed by atoms with Crippen LogP contribution in [0.3, 0.4) is 0 Å². The number of aromatic nitrogens is 3. The lowest BCUT2D eigenvalue weighted by Gasteiger charge is -2.21. The van der Waals surface area contributed by atoms with Crippen molar-refractivity contribution in [1.82, 2.24) is 24.8 Å². The van der Waals surface area contributed by atoms with E-state index in [1.807, 2.05) is 9.80 Å². The van der Waals surface area contributed by atoms with Crippen LogP contribution in [0.15, 0.2) is 29.5 Å². The zero-order valence-corrected chi connectivity index (χ0v) is 13.1. The molecule has 0 radical (unpaired) electrons. The SMILES string of the molecule is O=C(c1cnccn1)N1CC2CN(C(=O)c3cscn3)CC2C1. The third-order valence-electron chi connectivity index (χ3n) is 4.49. The molecule has 2 unspecified atom stereocenters. The van der Waals surface area contributed by atoms with Crippen LogP contribution in [0.1, 0.15) is 21.0 Å². The number of rotatable bonds is 2. The average Bonchev–Trinajstić information content (AvgIpc) is 3.29. The second-order valence-electron chi connectivity index (χ2n) is 5.90. The van der Waals surface area contributed by atoms with Gasteiger partial charge < -0.3 is 9.80 Å². The van der Waals surface area contributed by atoms with Gasteiger partial charge in [0.2, 0.25) is 0 Å². The summed E-state index contributed by atoms with van der Waals surface area (Å²) in [6, 6.07) is 0. The van der Waals surface area contributed by atoms with Crippen molar-refractivity contribution in [3.8, 4) is 0 Å². The summed E-state index contributed by atoms with van der Waals surface area (Å²) in [4.78, 5) is 40.5. The van der Waals surface area contributed by atoms with Gasteiger partial charge in [-0.25, -0.2) is 9.97 Å². The predicted octanol–water partition coefficient (Wildman–Crippen LogP) is 0.777. The predicted molar refractivity (Wildman–Crippen MR) is 82.9 cm³/mol. The lowest BCUT2D eigenvalue weighted by molar-refractivity contribution is 0.0732. The molecule has 0 saturated carbocycles. The Bertz CT molecular complexity index is 707. The summed E-state index contributed by atoms with van der Waals surface area (Å²) in [6.45, 7) is 2.71. The minimum Gasteiger partial charge on any atom is -0.337 e. The molecule has 23 heavy (non-hydrogen) atoms. The molecule has 7 nitrogen and oxygen atoms in total. The first-order valence-corrected chi connectivity index (χ1v) is 8.39. The molecule has 2 aliphatic rings. The number of fused-ring (bicyclic) bond motifs is 1. The van der Waals surface area contributed by atoms with Crippen molar-refractivity contribution in [2.24, 2.45) is 11.8 Å². The molecule has 8 heteroatoms. The Morgan fingerprint density at radius 3 is 2.13 bits per heavy atom. The Labute approximate surface area is 137 Å². The minimum absolute atomic E-state index is 0.00699. The number of likely N-dealkylation sites (tertiary alicyclic amines) is 2. The van der Waals surface area contributed by atoms with E-state index in [0.29, 0.717) is 49.4 Å². The first-order valence-electron chi connectivity index (χ1n) is 7.45. The lowest BCUT2D eigenvalue weighted by Crippen LogP contribution is -2.36. The van der Waals surface area contributed by atoms with Gasteiger partial charge in [-0.05, 0) is 0 Å². The molecule has 0 bridgehead atoms. The van der Waals surface area contributed by atoms with Gasteiger partial charge in [-0.1, -0.05) is 0 Å². The highest BCUT2D eigenvalue weighted by Crippen LogP contribution is 2.32. The molecule has 0 spiro atoms. The second kappa shape index (κ2) is 5.69. The molecule has 0 N–H and O–H groups in total. The van der Waals surface area contributed by atoms with E-state index >= 15 is 0 Å². The standard InChI is InChI=1S/C15H15N5O2S/c21-14(12-3-16-1-2-17-12)19-4-10-6-20(7-11(10)5-19)15(22)13-8-23-9-18-13/h1-3,8-11H,4-7H2. The third-order valence-corrected chi connectivity index (χ3v) is 5.08. The fourth-order valence-electron chi connectivity index (χ4n) is 3.38. The molecule has 2 atom stereocenters. The second-order valence-corrected chi connectivity index (χ2v) is 6.62. The molecular formula is C15H15N5O2S. The molecule has 2 aliphatic heterocycles. The highest BCUT2D eigenvalue weighted by molar-refractivity contribution is 7.07. The van der Waals surface area contributed by atoms with E-state index in [-0.39, 0.29) is 11.8 Å². The number of carbonyl (C=O) groups is 2. The van der Waals surface area contributed by atoms with Gasteiger partial charge in [0.05, 0.1) is 11.7 Å². The third kappa shape index (κ3) is 2.59. The number of carbonyl (C=O) groups excluding carboxylic acids is 2. The van der Waals surface area contributed by atoms with Crippen LogP contribution in [-0.4, -0.2) is 62.7 Å². The number of hydrogen-bond acceptors (Lipinski definition) is 6. The van der Waals surface area contributed by atoms with Crippen LogP contribution in [0.25, 0.3) is 0 Å². The Morgan fingerprint density at radius 1 is 0.957 bits per heavy atom. The van der Waals surface area contributed by atoms with Crippen LogP contribution in [0.5, 0.6) is 0 Å². The van der Waals surface area contributed by atoms with Gasteiger partial charge in [0, 0.05) is 55.8 Å². The fourth-order valence-corrected chi connectivity index (χ4v) is 3.90. The van der Waals surface area contributed by atoms with E-state index in [1.54, 1.807) is 17.1 Å². The maximum atomic E-state index is 12.4. The topological polar surface area (TPSA) is 79.3 Å². The largest absolute Gasteiger partial charge is 0.337 e. The number of amides is 2.